The van der Waals surface area contributed by atoms with Crippen LogP contribution in [0.2, 0.25) is 0 Å². The highest BCUT2D eigenvalue weighted by atomic mass is 16.5. The van der Waals surface area contributed by atoms with Gasteiger partial charge in [0.1, 0.15) is 17.6 Å². The van der Waals surface area contributed by atoms with E-state index in [0.29, 0.717) is 44.4 Å². The number of ketones is 1. The van der Waals surface area contributed by atoms with Crippen molar-refractivity contribution < 1.29 is 19.1 Å². The van der Waals surface area contributed by atoms with E-state index < -0.39 is 11.5 Å². The zero-order valence-electron chi connectivity index (χ0n) is 18.5. The van der Waals surface area contributed by atoms with Crippen molar-refractivity contribution in [3.05, 3.63) is 47.5 Å². The Kier molecular flexibility index (Phi) is 7.56. The van der Waals surface area contributed by atoms with Crippen LogP contribution in [-0.4, -0.2) is 45.3 Å². The highest BCUT2D eigenvalue weighted by Gasteiger charge is 2.35. The number of esters is 1. The summed E-state index contributed by atoms with van der Waals surface area (Å²) in [6.45, 7) is 6.95. The number of aromatic nitrogens is 3. The highest BCUT2D eigenvalue weighted by molar-refractivity contribution is 5.87. The van der Waals surface area contributed by atoms with Crippen LogP contribution in [0.5, 0.6) is 0 Å². The fourth-order valence-corrected chi connectivity index (χ4v) is 3.77. The Labute approximate surface area is 183 Å². The second kappa shape index (κ2) is 10.2. The molecule has 2 aromatic rings. The van der Waals surface area contributed by atoms with Crippen LogP contribution in [0.3, 0.4) is 0 Å². The summed E-state index contributed by atoms with van der Waals surface area (Å²) in [6.07, 6.45) is 1.69. The number of carbonyl (C=O) groups excluding carboxylic acids is 2. The minimum absolute atomic E-state index is 0.0732. The Morgan fingerprint density at radius 2 is 2.00 bits per heavy atom. The first-order valence-corrected chi connectivity index (χ1v) is 10.8. The van der Waals surface area contributed by atoms with Crippen LogP contribution in [0, 0.1) is 0 Å². The van der Waals surface area contributed by atoms with Crippen molar-refractivity contribution in [3.63, 3.8) is 0 Å². The molecule has 31 heavy (non-hydrogen) atoms. The number of ether oxygens (including phenoxy) is 2. The molecule has 0 fully saturated rings. The van der Waals surface area contributed by atoms with Crippen molar-refractivity contribution in [1.29, 1.82) is 0 Å². The van der Waals surface area contributed by atoms with Crippen LogP contribution >= 0.6 is 0 Å². The van der Waals surface area contributed by atoms with E-state index in [4.69, 9.17) is 15.2 Å². The topological polar surface area (TPSA) is 109 Å². The molecular formula is C23H32N4O4. The molecule has 1 unspecified atom stereocenters. The lowest BCUT2D eigenvalue weighted by Crippen LogP contribution is -2.42. The van der Waals surface area contributed by atoms with Gasteiger partial charge in [0.05, 0.1) is 25.4 Å². The quantitative estimate of drug-likeness (QED) is 0.580. The number of fused-ring (bicyclic) bond motifs is 1. The molecule has 0 saturated carbocycles. The van der Waals surface area contributed by atoms with E-state index in [1.165, 1.54) is 0 Å². The lowest BCUT2D eigenvalue weighted by atomic mass is 9.91. The summed E-state index contributed by atoms with van der Waals surface area (Å²) >= 11 is 0. The first-order chi connectivity index (χ1) is 14.8. The minimum atomic E-state index is -0.949. The fraction of sp³-hybridized carbons (Fsp3) is 0.565. The Balaban J connectivity index is 1.81. The maximum Gasteiger partial charge on any atom is 0.316 e. The number of Topliss-reactive ketones (excluding diaryl/α,β-unsaturated/α-hetero) is 1. The second-order valence-corrected chi connectivity index (χ2v) is 8.56. The number of hydrogen-bond acceptors (Lipinski definition) is 7. The largest absolute Gasteiger partial charge is 0.465 e. The Hall–Kier alpha value is -2.58. The van der Waals surface area contributed by atoms with Gasteiger partial charge in [-0.1, -0.05) is 30.3 Å². The summed E-state index contributed by atoms with van der Waals surface area (Å²) in [4.78, 5) is 25.1. The molecule has 1 aromatic heterocycles. The van der Waals surface area contributed by atoms with Crippen LogP contribution in [0.4, 0.5) is 0 Å². The average molecular weight is 429 g/mol. The lowest BCUT2D eigenvalue weighted by molar-refractivity contribution is -0.145. The number of rotatable bonds is 10. The zero-order chi connectivity index (χ0) is 22.4. The van der Waals surface area contributed by atoms with Gasteiger partial charge in [-0.05, 0) is 39.2 Å². The van der Waals surface area contributed by atoms with Gasteiger partial charge < -0.3 is 19.8 Å². The third-order valence-electron chi connectivity index (χ3n) is 5.51. The molecule has 1 aliphatic heterocycles. The molecule has 2 N–H and O–H groups in total. The van der Waals surface area contributed by atoms with Gasteiger partial charge in [-0.25, -0.2) is 0 Å². The smallest absolute Gasteiger partial charge is 0.316 e. The summed E-state index contributed by atoms with van der Waals surface area (Å²) < 4.78 is 13.1. The summed E-state index contributed by atoms with van der Waals surface area (Å²) in [6, 6.07) is 9.86. The Bertz CT molecular complexity index is 889. The molecule has 1 aliphatic rings. The minimum Gasteiger partial charge on any atom is -0.465 e. The van der Waals surface area contributed by atoms with E-state index in [-0.39, 0.29) is 24.1 Å². The Morgan fingerprint density at radius 1 is 1.26 bits per heavy atom. The SMILES string of the molecule is CCOC(=O)C1CCCn2c1nnc2[C@@H](COCc1ccccc1)CC(=O)C(C)(C)N. The number of nitrogens with two attached hydrogens (primary N) is 1. The molecule has 168 valence electrons. The number of benzene rings is 1. The van der Waals surface area contributed by atoms with Crippen LogP contribution < -0.4 is 5.73 Å². The van der Waals surface area contributed by atoms with Crippen molar-refractivity contribution in [2.24, 2.45) is 5.73 Å². The molecule has 0 radical (unpaired) electrons. The maximum atomic E-state index is 12.7. The molecule has 3 rings (SSSR count). The van der Waals surface area contributed by atoms with Gasteiger partial charge in [-0.15, -0.1) is 10.2 Å². The Morgan fingerprint density at radius 3 is 2.68 bits per heavy atom. The number of hydrogen-bond donors (Lipinski definition) is 1. The van der Waals surface area contributed by atoms with Crippen molar-refractivity contribution in [1.82, 2.24) is 14.8 Å². The van der Waals surface area contributed by atoms with E-state index >= 15 is 0 Å². The molecule has 0 spiro atoms. The number of nitrogens with zero attached hydrogens (tertiary/aromatic N) is 3. The van der Waals surface area contributed by atoms with Gasteiger partial charge in [-0.3, -0.25) is 9.59 Å². The van der Waals surface area contributed by atoms with Gasteiger partial charge in [0, 0.05) is 18.9 Å². The summed E-state index contributed by atoms with van der Waals surface area (Å²) in [5, 5.41) is 8.70. The standard InChI is InChI=1S/C23H32N4O4/c1-4-31-22(29)18-11-8-12-27-20(25-26-21(18)27)17(13-19(28)23(2,3)24)15-30-14-16-9-6-5-7-10-16/h5-7,9-10,17-18H,4,8,11-15,24H2,1-3H3/t17-,18?/m1/s1. The molecular weight excluding hydrogens is 396 g/mol. The lowest BCUT2D eigenvalue weighted by Gasteiger charge is -2.25. The maximum absolute atomic E-state index is 12.7. The highest BCUT2D eigenvalue weighted by Crippen LogP contribution is 2.31. The van der Waals surface area contributed by atoms with Crippen LogP contribution in [0.15, 0.2) is 30.3 Å². The summed E-state index contributed by atoms with van der Waals surface area (Å²) in [5.41, 5.74) is 6.14. The van der Waals surface area contributed by atoms with Crippen molar-refractivity contribution in [3.8, 4) is 0 Å². The molecule has 2 atom stereocenters. The molecule has 1 aromatic carbocycles. The summed E-state index contributed by atoms with van der Waals surface area (Å²) in [5.74, 6) is 0.181. The normalized spacial score (nSPS) is 17.1. The van der Waals surface area contributed by atoms with E-state index in [9.17, 15) is 9.59 Å². The monoisotopic (exact) mass is 428 g/mol. The molecule has 8 heteroatoms. The van der Waals surface area contributed by atoms with Gasteiger partial charge in [0.25, 0.3) is 0 Å². The fourth-order valence-electron chi connectivity index (χ4n) is 3.77. The molecule has 0 saturated heterocycles. The first kappa shape index (κ1) is 23.1. The van der Waals surface area contributed by atoms with E-state index in [0.717, 1.165) is 12.0 Å². The molecule has 0 amide bonds. The van der Waals surface area contributed by atoms with Gasteiger partial charge in [-0.2, -0.15) is 0 Å². The van der Waals surface area contributed by atoms with Gasteiger partial charge in [0.15, 0.2) is 5.78 Å². The number of carbonyl (C=O) groups is 2. The van der Waals surface area contributed by atoms with E-state index in [1.54, 1.807) is 20.8 Å². The summed E-state index contributed by atoms with van der Waals surface area (Å²) in [7, 11) is 0. The van der Waals surface area contributed by atoms with Crippen molar-refractivity contribution in [2.45, 2.75) is 70.6 Å². The predicted molar refractivity (Wildman–Crippen MR) is 115 cm³/mol. The van der Waals surface area contributed by atoms with Gasteiger partial charge >= 0.3 is 5.97 Å². The van der Waals surface area contributed by atoms with Crippen molar-refractivity contribution in [2.75, 3.05) is 13.2 Å². The molecule has 2 heterocycles. The third-order valence-corrected chi connectivity index (χ3v) is 5.51. The molecule has 0 aliphatic carbocycles. The third kappa shape index (κ3) is 5.77. The van der Waals surface area contributed by atoms with E-state index in [1.807, 2.05) is 34.9 Å². The first-order valence-electron chi connectivity index (χ1n) is 10.8. The van der Waals surface area contributed by atoms with Crippen LogP contribution in [-0.2, 0) is 32.2 Å². The predicted octanol–water partition coefficient (Wildman–Crippen LogP) is 2.72. The average Bonchev–Trinajstić information content (AvgIpc) is 3.17. The molecule has 8 nitrogen and oxygen atoms in total. The van der Waals surface area contributed by atoms with Crippen LogP contribution in [0.1, 0.15) is 69.1 Å². The van der Waals surface area contributed by atoms with Crippen molar-refractivity contribution >= 4 is 11.8 Å². The second-order valence-electron chi connectivity index (χ2n) is 8.56. The van der Waals surface area contributed by atoms with E-state index in [2.05, 4.69) is 10.2 Å². The van der Waals surface area contributed by atoms with Crippen LogP contribution in [0.25, 0.3) is 0 Å². The van der Waals surface area contributed by atoms with Gasteiger partial charge in [0.2, 0.25) is 0 Å². The molecule has 0 bridgehead atoms. The zero-order valence-corrected chi connectivity index (χ0v) is 18.5.